The molecule has 1 atom stereocenters. The van der Waals surface area contributed by atoms with Gasteiger partial charge in [0.05, 0.1) is 11.7 Å². The number of nitrogens with zero attached hydrogens (tertiary/aromatic N) is 1. The van der Waals surface area contributed by atoms with Gasteiger partial charge in [0.1, 0.15) is 0 Å². The molecule has 1 heterocycles. The molecule has 2 amide bonds. The lowest BCUT2D eigenvalue weighted by atomic mass is 10.1. The smallest absolute Gasteiger partial charge is 0.389 e. The summed E-state index contributed by atoms with van der Waals surface area (Å²) in [4.78, 5) is 25.6. The van der Waals surface area contributed by atoms with E-state index in [0.29, 0.717) is 13.0 Å². The van der Waals surface area contributed by atoms with Gasteiger partial charge in [0.25, 0.3) is 5.91 Å². The molecular formula is C20H25F3N2O3S. The summed E-state index contributed by atoms with van der Waals surface area (Å²) in [6.45, 7) is 0.533. The van der Waals surface area contributed by atoms with Crippen molar-refractivity contribution in [2.45, 2.75) is 61.0 Å². The highest BCUT2D eigenvalue weighted by Gasteiger charge is 2.35. The highest BCUT2D eigenvalue weighted by Crippen LogP contribution is 2.42. The Morgan fingerprint density at radius 1 is 1.28 bits per heavy atom. The molecule has 1 aromatic rings. The van der Waals surface area contributed by atoms with E-state index in [1.54, 1.807) is 0 Å². The number of rotatable bonds is 7. The van der Waals surface area contributed by atoms with Crippen molar-refractivity contribution in [3.05, 3.63) is 29.3 Å². The molecule has 1 aliphatic carbocycles. The van der Waals surface area contributed by atoms with Crippen LogP contribution in [0.1, 0.15) is 54.4 Å². The van der Waals surface area contributed by atoms with Crippen LogP contribution in [-0.2, 0) is 11.0 Å². The zero-order chi connectivity index (χ0) is 21.0. The summed E-state index contributed by atoms with van der Waals surface area (Å²) in [5.74, 6) is -0.722. The van der Waals surface area contributed by atoms with Gasteiger partial charge in [-0.2, -0.15) is 13.2 Å². The van der Waals surface area contributed by atoms with Gasteiger partial charge < -0.3 is 15.3 Å². The van der Waals surface area contributed by atoms with Gasteiger partial charge in [0, 0.05) is 41.8 Å². The number of carbonyl (C=O) groups is 2. The minimum atomic E-state index is -4.55. The van der Waals surface area contributed by atoms with Gasteiger partial charge in [0.2, 0.25) is 5.91 Å². The quantitative estimate of drug-likeness (QED) is 0.695. The van der Waals surface area contributed by atoms with E-state index in [2.05, 4.69) is 5.32 Å². The Morgan fingerprint density at radius 2 is 2.00 bits per heavy atom. The molecule has 1 unspecified atom stereocenters. The first-order valence-electron chi connectivity index (χ1n) is 9.86. The van der Waals surface area contributed by atoms with E-state index in [-0.39, 0.29) is 34.7 Å². The van der Waals surface area contributed by atoms with Crippen LogP contribution in [0.25, 0.3) is 0 Å². The summed E-state index contributed by atoms with van der Waals surface area (Å²) in [5.41, 5.74) is -0.900. The molecule has 1 aromatic carbocycles. The Kier molecular flexibility index (Phi) is 7.10. The predicted octanol–water partition coefficient (Wildman–Crippen LogP) is 3.45. The van der Waals surface area contributed by atoms with Crippen molar-refractivity contribution in [2.24, 2.45) is 0 Å². The summed E-state index contributed by atoms with van der Waals surface area (Å²) in [7, 11) is 0. The predicted molar refractivity (Wildman–Crippen MR) is 104 cm³/mol. The molecule has 2 fully saturated rings. The zero-order valence-electron chi connectivity index (χ0n) is 16.0. The monoisotopic (exact) mass is 430 g/mol. The summed E-state index contributed by atoms with van der Waals surface area (Å²) in [6.07, 6.45) is -0.458. The largest absolute Gasteiger partial charge is 0.417 e. The maximum Gasteiger partial charge on any atom is 0.417 e. The first-order chi connectivity index (χ1) is 13.7. The Balaban J connectivity index is 1.62. The van der Waals surface area contributed by atoms with Gasteiger partial charge in [-0.25, -0.2) is 0 Å². The number of thioether (sulfide) groups is 1. The molecule has 5 nitrogen and oxygen atoms in total. The maximum absolute atomic E-state index is 13.5. The topological polar surface area (TPSA) is 69.6 Å². The molecule has 0 spiro atoms. The highest BCUT2D eigenvalue weighted by molar-refractivity contribution is 8.00. The Labute approximate surface area is 172 Å². The van der Waals surface area contributed by atoms with Gasteiger partial charge in [-0.05, 0) is 37.5 Å². The molecule has 0 bridgehead atoms. The van der Waals surface area contributed by atoms with Gasteiger partial charge in [-0.3, -0.25) is 9.59 Å². The van der Waals surface area contributed by atoms with Crippen LogP contribution in [0.5, 0.6) is 0 Å². The summed E-state index contributed by atoms with van der Waals surface area (Å²) in [5, 5.41) is 12.7. The van der Waals surface area contributed by atoms with Crippen LogP contribution in [0.4, 0.5) is 13.2 Å². The molecule has 0 aromatic heterocycles. The standard InChI is InChI=1S/C20H25F3N2O3S/c21-20(22,23)16-10-13(7-8-17(16)29-15-4-1-2-5-15)19(28)24-11-14(26)12-25-9-3-6-18(25)27/h7-8,10,14-15,26H,1-6,9,11-12H2,(H,24,28). The fraction of sp³-hybridized carbons (Fsp3) is 0.600. The van der Waals surface area contributed by atoms with Crippen LogP contribution < -0.4 is 5.32 Å². The van der Waals surface area contributed by atoms with E-state index in [4.69, 9.17) is 0 Å². The van der Waals surface area contributed by atoms with Crippen molar-refractivity contribution in [2.75, 3.05) is 19.6 Å². The molecule has 0 radical (unpaired) electrons. The van der Waals surface area contributed by atoms with E-state index in [0.717, 1.165) is 38.2 Å². The van der Waals surface area contributed by atoms with Gasteiger partial charge in [-0.1, -0.05) is 12.8 Å². The van der Waals surface area contributed by atoms with Crippen molar-refractivity contribution in [1.82, 2.24) is 10.2 Å². The van der Waals surface area contributed by atoms with Crippen molar-refractivity contribution in [1.29, 1.82) is 0 Å². The second kappa shape index (κ2) is 9.38. The number of carbonyl (C=O) groups excluding carboxylic acids is 2. The molecule has 2 aliphatic rings. The lowest BCUT2D eigenvalue weighted by Crippen LogP contribution is -2.40. The minimum absolute atomic E-state index is 0.0412. The van der Waals surface area contributed by atoms with Crippen molar-refractivity contribution in [3.63, 3.8) is 0 Å². The highest BCUT2D eigenvalue weighted by atomic mass is 32.2. The minimum Gasteiger partial charge on any atom is -0.389 e. The number of amides is 2. The van der Waals surface area contributed by atoms with Gasteiger partial charge in [-0.15, -0.1) is 11.8 Å². The number of hydrogen-bond donors (Lipinski definition) is 2. The lowest BCUT2D eigenvalue weighted by Gasteiger charge is -2.20. The first kappa shape index (κ1) is 22.0. The third-order valence-electron chi connectivity index (χ3n) is 5.24. The van der Waals surface area contributed by atoms with E-state index in [9.17, 15) is 27.9 Å². The molecule has 29 heavy (non-hydrogen) atoms. The lowest BCUT2D eigenvalue weighted by molar-refractivity contribution is -0.139. The third-order valence-corrected chi connectivity index (χ3v) is 6.66. The normalized spacial score (nSPS) is 19.0. The maximum atomic E-state index is 13.5. The Morgan fingerprint density at radius 3 is 2.62 bits per heavy atom. The van der Waals surface area contributed by atoms with Crippen molar-refractivity contribution >= 4 is 23.6 Å². The third kappa shape index (κ3) is 5.88. The Hall–Kier alpha value is -1.74. The van der Waals surface area contributed by atoms with Crippen molar-refractivity contribution < 1.29 is 27.9 Å². The zero-order valence-corrected chi connectivity index (χ0v) is 16.8. The average molecular weight is 430 g/mol. The number of halogens is 3. The van der Waals surface area contributed by atoms with Crippen molar-refractivity contribution in [3.8, 4) is 0 Å². The fourth-order valence-corrected chi connectivity index (χ4v) is 5.09. The second-order valence-electron chi connectivity index (χ2n) is 7.54. The van der Waals surface area contributed by atoms with Crippen LogP contribution in [0.2, 0.25) is 0 Å². The number of benzene rings is 1. The van der Waals surface area contributed by atoms with Gasteiger partial charge >= 0.3 is 6.18 Å². The van der Waals surface area contributed by atoms with E-state index in [1.165, 1.54) is 28.8 Å². The SMILES string of the molecule is O=C(NCC(O)CN1CCCC1=O)c1ccc(SC2CCCC2)c(C(F)(F)F)c1. The number of likely N-dealkylation sites (tertiary alicyclic amines) is 1. The second-order valence-corrected chi connectivity index (χ2v) is 8.88. The van der Waals surface area contributed by atoms with Crippen LogP contribution in [0.15, 0.2) is 23.1 Å². The number of aliphatic hydroxyl groups excluding tert-OH is 1. The molecule has 9 heteroatoms. The average Bonchev–Trinajstić information content (AvgIpc) is 3.31. The number of β-amino-alcohol motifs (C(OH)–C–C–N with tert-alkyl or cyclic N) is 1. The van der Waals surface area contributed by atoms with Crippen LogP contribution in [-0.4, -0.2) is 52.8 Å². The van der Waals surface area contributed by atoms with Crippen LogP contribution in [0.3, 0.4) is 0 Å². The van der Waals surface area contributed by atoms with E-state index in [1.807, 2.05) is 0 Å². The fourth-order valence-electron chi connectivity index (χ4n) is 3.71. The number of alkyl halides is 3. The molecule has 1 aliphatic heterocycles. The molecule has 3 rings (SSSR count). The summed E-state index contributed by atoms with van der Waals surface area (Å²) < 4.78 is 40.6. The number of hydrogen-bond acceptors (Lipinski definition) is 4. The molecule has 2 N–H and O–H groups in total. The molecular weight excluding hydrogens is 405 g/mol. The summed E-state index contributed by atoms with van der Waals surface area (Å²) in [6, 6.07) is 3.63. The van der Waals surface area contributed by atoms with E-state index < -0.39 is 23.8 Å². The Bertz CT molecular complexity index is 751. The van der Waals surface area contributed by atoms with Crippen LogP contribution in [0, 0.1) is 0 Å². The molecule has 1 saturated carbocycles. The molecule has 1 saturated heterocycles. The van der Waals surface area contributed by atoms with E-state index >= 15 is 0 Å². The first-order valence-corrected chi connectivity index (χ1v) is 10.7. The van der Waals surface area contributed by atoms with Crippen LogP contribution >= 0.6 is 11.8 Å². The number of aliphatic hydroxyl groups is 1. The summed E-state index contributed by atoms with van der Waals surface area (Å²) >= 11 is 1.23. The molecule has 160 valence electrons. The van der Waals surface area contributed by atoms with Gasteiger partial charge in [0.15, 0.2) is 0 Å². The number of nitrogens with one attached hydrogen (secondary N) is 1.